The van der Waals surface area contributed by atoms with Crippen molar-refractivity contribution in [1.29, 1.82) is 0 Å². The second kappa shape index (κ2) is 11.0. The fourth-order valence-electron chi connectivity index (χ4n) is 4.23. The Hall–Kier alpha value is -4.53. The molecule has 2 aromatic carbocycles. The van der Waals surface area contributed by atoms with Gasteiger partial charge in [-0.1, -0.05) is 12.1 Å². The van der Waals surface area contributed by atoms with Gasteiger partial charge in [-0.05, 0) is 55.8 Å². The minimum atomic E-state index is -4.96. The maximum atomic E-state index is 13.6. The van der Waals surface area contributed by atoms with Crippen molar-refractivity contribution in [3.05, 3.63) is 77.0 Å². The normalized spacial score (nSPS) is 12.9. The van der Waals surface area contributed by atoms with Crippen LogP contribution in [0.3, 0.4) is 0 Å². The highest BCUT2D eigenvalue weighted by atomic mass is 32.2. The summed E-state index contributed by atoms with van der Waals surface area (Å²) in [5.41, 5.74) is 0.575. The van der Waals surface area contributed by atoms with E-state index in [9.17, 15) is 30.8 Å². The largest absolute Gasteiger partial charge is 0.454 e. The third-order valence-electron chi connectivity index (χ3n) is 6.43. The van der Waals surface area contributed by atoms with Crippen LogP contribution in [-0.2, 0) is 27.4 Å². The number of fused-ring (bicyclic) bond motifs is 1. The Morgan fingerprint density at radius 3 is 2.45 bits per heavy atom. The lowest BCUT2D eigenvalue weighted by Crippen LogP contribution is -2.21. The SMILES string of the molecule is Cc1nn(Cc2ccc(F)cc2)c(C)c1NC(=O)CCS(=O)(=O)c1nc(-c2ccc3c(c2)OCO3)cc(C(F)(F)F)n1. The molecular weight excluding hydrogens is 582 g/mol. The number of rotatable bonds is 8. The van der Waals surface area contributed by atoms with Crippen molar-refractivity contribution < 1.29 is 40.2 Å². The van der Waals surface area contributed by atoms with E-state index >= 15 is 0 Å². The van der Waals surface area contributed by atoms with Crippen LogP contribution < -0.4 is 14.8 Å². The van der Waals surface area contributed by atoms with Gasteiger partial charge in [-0.2, -0.15) is 18.3 Å². The van der Waals surface area contributed by atoms with E-state index < -0.39 is 44.9 Å². The van der Waals surface area contributed by atoms with Crippen LogP contribution >= 0.6 is 0 Å². The number of anilines is 1. The third kappa shape index (κ3) is 6.20. The maximum Gasteiger partial charge on any atom is 0.433 e. The molecule has 2 aromatic heterocycles. The predicted molar refractivity (Wildman–Crippen MR) is 141 cm³/mol. The number of ether oxygens (including phenoxy) is 2. The van der Waals surface area contributed by atoms with Gasteiger partial charge in [-0.15, -0.1) is 0 Å². The summed E-state index contributed by atoms with van der Waals surface area (Å²) in [5.74, 6) is -1.27. The van der Waals surface area contributed by atoms with E-state index in [1.165, 1.54) is 30.3 Å². The molecule has 1 N–H and O–H groups in total. The van der Waals surface area contributed by atoms with Crippen LogP contribution in [0.4, 0.5) is 23.2 Å². The van der Waals surface area contributed by atoms with Gasteiger partial charge < -0.3 is 14.8 Å². The van der Waals surface area contributed by atoms with E-state index in [0.717, 1.165) is 5.56 Å². The first-order chi connectivity index (χ1) is 19.8. The van der Waals surface area contributed by atoms with Crippen molar-refractivity contribution in [3.8, 4) is 22.8 Å². The van der Waals surface area contributed by atoms with Crippen LogP contribution in [0.1, 0.15) is 29.1 Å². The first-order valence-corrected chi connectivity index (χ1v) is 14.1. The van der Waals surface area contributed by atoms with Crippen LogP contribution in [0, 0.1) is 19.7 Å². The highest BCUT2D eigenvalue weighted by Gasteiger charge is 2.36. The van der Waals surface area contributed by atoms with Crippen molar-refractivity contribution in [2.75, 3.05) is 17.9 Å². The maximum absolute atomic E-state index is 13.6. The van der Waals surface area contributed by atoms with Gasteiger partial charge in [0.05, 0.1) is 35.1 Å². The Labute approximate surface area is 237 Å². The minimum absolute atomic E-state index is 0.0634. The van der Waals surface area contributed by atoms with Crippen molar-refractivity contribution >= 4 is 21.4 Å². The van der Waals surface area contributed by atoms with Gasteiger partial charge in [0.2, 0.25) is 27.7 Å². The van der Waals surface area contributed by atoms with Gasteiger partial charge in [0.25, 0.3) is 0 Å². The molecule has 0 saturated heterocycles. The molecule has 4 aromatic rings. The zero-order chi connectivity index (χ0) is 30.2. The number of carbonyl (C=O) groups is 1. The van der Waals surface area contributed by atoms with Gasteiger partial charge in [0.15, 0.2) is 11.5 Å². The van der Waals surface area contributed by atoms with E-state index in [4.69, 9.17) is 9.47 Å². The van der Waals surface area contributed by atoms with E-state index in [2.05, 4.69) is 20.4 Å². The summed E-state index contributed by atoms with van der Waals surface area (Å²) < 4.78 is 92.3. The second-order valence-electron chi connectivity index (χ2n) is 9.43. The molecule has 0 spiro atoms. The monoisotopic (exact) mass is 605 g/mol. The number of aromatic nitrogens is 4. The summed E-state index contributed by atoms with van der Waals surface area (Å²) >= 11 is 0. The number of nitrogens with one attached hydrogen (secondary N) is 1. The van der Waals surface area contributed by atoms with Crippen molar-refractivity contribution in [3.63, 3.8) is 0 Å². The van der Waals surface area contributed by atoms with Gasteiger partial charge in [-0.25, -0.2) is 22.8 Å². The number of carbonyl (C=O) groups excluding carboxylic acids is 1. The molecule has 0 atom stereocenters. The fourth-order valence-corrected chi connectivity index (χ4v) is 5.34. The molecule has 0 bridgehead atoms. The number of sulfone groups is 1. The zero-order valence-corrected chi connectivity index (χ0v) is 23.0. The van der Waals surface area contributed by atoms with E-state index in [0.29, 0.717) is 35.4 Å². The van der Waals surface area contributed by atoms with Crippen LogP contribution in [0.15, 0.2) is 53.7 Å². The predicted octanol–water partition coefficient (Wildman–Crippen LogP) is 4.69. The second-order valence-corrected chi connectivity index (χ2v) is 11.4. The molecule has 220 valence electrons. The highest BCUT2D eigenvalue weighted by Crippen LogP contribution is 2.37. The highest BCUT2D eigenvalue weighted by molar-refractivity contribution is 7.91. The lowest BCUT2D eigenvalue weighted by atomic mass is 10.1. The molecular formula is C27H23F4N5O5S. The summed E-state index contributed by atoms with van der Waals surface area (Å²) in [6, 6.07) is 10.7. The summed E-state index contributed by atoms with van der Waals surface area (Å²) in [6.07, 6.45) is -5.54. The van der Waals surface area contributed by atoms with Crippen molar-refractivity contribution in [2.24, 2.45) is 0 Å². The average Bonchev–Trinajstić information content (AvgIpc) is 3.52. The molecule has 1 aliphatic rings. The lowest BCUT2D eigenvalue weighted by Gasteiger charge is -2.12. The number of aryl methyl sites for hydroxylation is 1. The Bertz CT molecular complexity index is 1770. The molecule has 0 radical (unpaired) electrons. The Morgan fingerprint density at radius 1 is 1.02 bits per heavy atom. The first-order valence-electron chi connectivity index (χ1n) is 12.5. The standard InChI is InChI=1S/C27H23F4N5O5S/c1-15-25(16(2)36(35-15)13-17-3-6-19(28)7-4-17)34-24(37)9-10-42(38,39)26-32-20(12-23(33-26)27(29,30)31)18-5-8-21-22(11-18)41-14-40-21/h3-8,11-12H,9-10,13-14H2,1-2H3,(H,34,37). The van der Waals surface area contributed by atoms with Gasteiger partial charge in [0, 0.05) is 12.0 Å². The van der Waals surface area contributed by atoms with Gasteiger partial charge in [0.1, 0.15) is 11.5 Å². The van der Waals surface area contributed by atoms with Crippen LogP contribution in [0.5, 0.6) is 11.5 Å². The number of alkyl halides is 3. The summed E-state index contributed by atoms with van der Waals surface area (Å²) in [5, 5.41) is 5.94. The van der Waals surface area contributed by atoms with Crippen LogP contribution in [-0.4, -0.2) is 46.6 Å². The quantitative estimate of drug-likeness (QED) is 0.227. The molecule has 1 aliphatic heterocycles. The Balaban J connectivity index is 1.33. The van der Waals surface area contributed by atoms with Crippen molar-refractivity contribution in [1.82, 2.24) is 19.7 Å². The van der Waals surface area contributed by atoms with Crippen LogP contribution in [0.25, 0.3) is 11.3 Å². The third-order valence-corrected chi connectivity index (χ3v) is 7.91. The van der Waals surface area contributed by atoms with Gasteiger partial charge >= 0.3 is 6.18 Å². The molecule has 0 unspecified atom stereocenters. The first kappa shape index (κ1) is 29.0. The smallest absolute Gasteiger partial charge is 0.433 e. The molecule has 10 nitrogen and oxygen atoms in total. The topological polar surface area (TPSA) is 125 Å². The van der Waals surface area contributed by atoms with Crippen molar-refractivity contribution in [2.45, 2.75) is 38.1 Å². The molecule has 1 amide bonds. The Morgan fingerprint density at radius 2 is 1.74 bits per heavy atom. The molecule has 15 heteroatoms. The number of amides is 1. The summed E-state index contributed by atoms with van der Waals surface area (Å²) in [6.45, 7) is 3.58. The molecule has 42 heavy (non-hydrogen) atoms. The molecule has 3 heterocycles. The molecule has 0 saturated carbocycles. The number of nitrogens with zero attached hydrogens (tertiary/aromatic N) is 4. The number of hydrogen-bond acceptors (Lipinski definition) is 8. The fraction of sp³-hybridized carbons (Fsp3) is 0.259. The summed E-state index contributed by atoms with van der Waals surface area (Å²) in [7, 11) is -4.52. The average molecular weight is 606 g/mol. The molecule has 0 aliphatic carbocycles. The Kier molecular flexibility index (Phi) is 7.62. The lowest BCUT2D eigenvalue weighted by molar-refractivity contribution is -0.141. The van der Waals surface area contributed by atoms with E-state index in [-0.39, 0.29) is 29.6 Å². The minimum Gasteiger partial charge on any atom is -0.454 e. The zero-order valence-electron chi connectivity index (χ0n) is 22.2. The molecule has 0 fully saturated rings. The number of hydrogen-bond donors (Lipinski definition) is 1. The number of benzene rings is 2. The van der Waals surface area contributed by atoms with E-state index in [1.807, 2.05) is 0 Å². The van der Waals surface area contributed by atoms with Crippen LogP contribution in [0.2, 0.25) is 0 Å². The van der Waals surface area contributed by atoms with Gasteiger partial charge in [-0.3, -0.25) is 9.48 Å². The molecule has 5 rings (SSSR count). The number of halogens is 4. The summed E-state index contributed by atoms with van der Waals surface area (Å²) in [4.78, 5) is 19.9. The van der Waals surface area contributed by atoms with E-state index in [1.54, 1.807) is 30.7 Å².